The number of hydrogen-bond acceptors (Lipinski definition) is 4. The highest BCUT2D eigenvalue weighted by molar-refractivity contribution is 9.10. The Kier molecular flexibility index (Phi) is 4.01. The van der Waals surface area contributed by atoms with E-state index in [1.165, 1.54) is 0 Å². The molecule has 0 saturated carbocycles. The third-order valence-corrected chi connectivity index (χ3v) is 3.05. The van der Waals surface area contributed by atoms with Crippen LogP contribution in [-0.2, 0) is 0 Å². The molecule has 0 bridgehead atoms. The molecule has 0 aliphatic rings. The molecule has 98 valence electrons. The van der Waals surface area contributed by atoms with Gasteiger partial charge in [-0.2, -0.15) is 0 Å². The number of rotatable bonds is 3. The lowest BCUT2D eigenvalue weighted by molar-refractivity contribution is 0.318. The van der Waals surface area contributed by atoms with Crippen LogP contribution < -0.4 is 10.5 Å². The van der Waals surface area contributed by atoms with E-state index in [2.05, 4.69) is 26.1 Å². The Morgan fingerprint density at radius 1 is 1.37 bits per heavy atom. The molecule has 1 heterocycles. The van der Waals surface area contributed by atoms with Gasteiger partial charge in [0.2, 0.25) is 0 Å². The highest BCUT2D eigenvalue weighted by Gasteiger charge is 2.11. The van der Waals surface area contributed by atoms with Crippen LogP contribution in [-0.4, -0.2) is 16.0 Å². The van der Waals surface area contributed by atoms with Crippen LogP contribution in [0.25, 0.3) is 0 Å². The van der Waals surface area contributed by atoms with Gasteiger partial charge in [-0.3, -0.25) is 0 Å². The Morgan fingerprint density at radius 2 is 2.16 bits per heavy atom. The van der Waals surface area contributed by atoms with Crippen molar-refractivity contribution in [3.05, 3.63) is 52.3 Å². The minimum Gasteiger partial charge on any atom is -0.454 e. The number of nitrogens with two attached hydrogens (primary N) is 1. The predicted octanol–water partition coefficient (Wildman–Crippen LogP) is 3.04. The standard InChI is InChI=1S/C13H12BrN3O2/c1-8-4-5-10(9(14)7-8)19-11-3-2-6-16-12(11)13(15)17-18/h2-7,18H,1H3,(H2,15,17). The maximum absolute atomic E-state index is 8.73. The summed E-state index contributed by atoms with van der Waals surface area (Å²) in [5.74, 6) is 0.951. The largest absolute Gasteiger partial charge is 0.454 e. The first-order valence-electron chi connectivity index (χ1n) is 5.48. The van der Waals surface area contributed by atoms with Crippen molar-refractivity contribution in [3.8, 4) is 11.5 Å². The molecule has 0 atom stereocenters. The Bertz CT molecular complexity index is 629. The number of benzene rings is 1. The van der Waals surface area contributed by atoms with Crippen molar-refractivity contribution in [2.24, 2.45) is 10.9 Å². The molecule has 1 aromatic carbocycles. The zero-order chi connectivity index (χ0) is 13.8. The molecule has 0 aliphatic heterocycles. The zero-order valence-electron chi connectivity index (χ0n) is 10.2. The van der Waals surface area contributed by atoms with Gasteiger partial charge in [0.05, 0.1) is 4.47 Å². The van der Waals surface area contributed by atoms with Gasteiger partial charge in [0.15, 0.2) is 17.3 Å². The van der Waals surface area contributed by atoms with E-state index in [1.807, 2.05) is 25.1 Å². The van der Waals surface area contributed by atoms with E-state index in [0.717, 1.165) is 10.0 Å². The summed E-state index contributed by atoms with van der Waals surface area (Å²) in [4.78, 5) is 4.04. The number of halogens is 1. The molecule has 2 rings (SSSR count). The van der Waals surface area contributed by atoms with Crippen molar-refractivity contribution < 1.29 is 9.94 Å². The Labute approximate surface area is 118 Å². The fraction of sp³-hybridized carbons (Fsp3) is 0.0769. The fourth-order valence-electron chi connectivity index (χ4n) is 1.52. The highest BCUT2D eigenvalue weighted by atomic mass is 79.9. The summed E-state index contributed by atoms with van der Waals surface area (Å²) in [6.07, 6.45) is 1.55. The second kappa shape index (κ2) is 5.71. The number of hydrogen-bond donors (Lipinski definition) is 2. The van der Waals surface area contributed by atoms with Gasteiger partial charge in [0.1, 0.15) is 5.75 Å². The maximum Gasteiger partial charge on any atom is 0.192 e. The summed E-state index contributed by atoms with van der Waals surface area (Å²) in [5, 5.41) is 11.7. The van der Waals surface area contributed by atoms with Crippen LogP contribution >= 0.6 is 15.9 Å². The van der Waals surface area contributed by atoms with Crippen LogP contribution in [0.3, 0.4) is 0 Å². The second-order valence-electron chi connectivity index (χ2n) is 3.87. The normalized spacial score (nSPS) is 11.4. The predicted molar refractivity (Wildman–Crippen MR) is 75.7 cm³/mol. The van der Waals surface area contributed by atoms with Crippen LogP contribution in [0.1, 0.15) is 11.3 Å². The summed E-state index contributed by atoms with van der Waals surface area (Å²) in [5.41, 5.74) is 6.96. The first-order chi connectivity index (χ1) is 9.11. The Balaban J connectivity index is 2.38. The first-order valence-corrected chi connectivity index (χ1v) is 6.28. The lowest BCUT2D eigenvalue weighted by atomic mass is 10.2. The summed E-state index contributed by atoms with van der Waals surface area (Å²) >= 11 is 3.43. The lowest BCUT2D eigenvalue weighted by Crippen LogP contribution is -2.16. The molecule has 3 N–H and O–H groups in total. The van der Waals surface area contributed by atoms with E-state index in [4.69, 9.17) is 15.7 Å². The van der Waals surface area contributed by atoms with E-state index >= 15 is 0 Å². The fourth-order valence-corrected chi connectivity index (χ4v) is 2.09. The van der Waals surface area contributed by atoms with Gasteiger partial charge in [0, 0.05) is 6.20 Å². The van der Waals surface area contributed by atoms with Crippen molar-refractivity contribution >= 4 is 21.8 Å². The monoisotopic (exact) mass is 321 g/mol. The average molecular weight is 322 g/mol. The van der Waals surface area contributed by atoms with E-state index in [9.17, 15) is 0 Å². The Hall–Kier alpha value is -2.08. The number of oxime groups is 1. The molecule has 19 heavy (non-hydrogen) atoms. The average Bonchev–Trinajstić information content (AvgIpc) is 2.41. The van der Waals surface area contributed by atoms with Crippen LogP contribution in [0.4, 0.5) is 0 Å². The molecule has 6 heteroatoms. The quantitative estimate of drug-likeness (QED) is 0.394. The number of ether oxygens (including phenoxy) is 1. The maximum atomic E-state index is 8.73. The second-order valence-corrected chi connectivity index (χ2v) is 4.73. The lowest BCUT2D eigenvalue weighted by Gasteiger charge is -2.11. The third-order valence-electron chi connectivity index (χ3n) is 2.43. The summed E-state index contributed by atoms with van der Waals surface area (Å²) < 4.78 is 6.56. The van der Waals surface area contributed by atoms with Gasteiger partial charge in [-0.15, -0.1) is 0 Å². The van der Waals surface area contributed by atoms with E-state index in [1.54, 1.807) is 18.3 Å². The van der Waals surface area contributed by atoms with E-state index in [-0.39, 0.29) is 11.5 Å². The first kappa shape index (κ1) is 13.4. The molecule has 0 fully saturated rings. The van der Waals surface area contributed by atoms with Gasteiger partial charge < -0.3 is 15.7 Å². The van der Waals surface area contributed by atoms with Crippen LogP contribution in [0.15, 0.2) is 46.2 Å². The summed E-state index contributed by atoms with van der Waals surface area (Å²) in [6, 6.07) is 9.12. The molecule has 5 nitrogen and oxygen atoms in total. The van der Waals surface area contributed by atoms with E-state index in [0.29, 0.717) is 11.5 Å². The molecule has 1 aromatic heterocycles. The van der Waals surface area contributed by atoms with Crippen LogP contribution in [0.5, 0.6) is 11.5 Å². The van der Waals surface area contributed by atoms with Gasteiger partial charge in [-0.25, -0.2) is 4.98 Å². The minimum absolute atomic E-state index is 0.0983. The minimum atomic E-state index is -0.0983. The number of nitrogens with zero attached hydrogens (tertiary/aromatic N) is 2. The molecule has 2 aromatic rings. The van der Waals surface area contributed by atoms with Gasteiger partial charge in [-0.1, -0.05) is 11.2 Å². The molecule has 0 saturated heterocycles. The van der Waals surface area contributed by atoms with Crippen molar-refractivity contribution in [1.82, 2.24) is 4.98 Å². The molecule has 0 aliphatic carbocycles. The van der Waals surface area contributed by atoms with E-state index < -0.39 is 0 Å². The number of amidine groups is 1. The molecule has 0 radical (unpaired) electrons. The molecular formula is C13H12BrN3O2. The van der Waals surface area contributed by atoms with Gasteiger partial charge in [-0.05, 0) is 52.7 Å². The molecular weight excluding hydrogens is 310 g/mol. The number of aryl methyl sites for hydroxylation is 1. The van der Waals surface area contributed by atoms with Crippen molar-refractivity contribution in [3.63, 3.8) is 0 Å². The summed E-state index contributed by atoms with van der Waals surface area (Å²) in [7, 11) is 0. The third kappa shape index (κ3) is 3.03. The van der Waals surface area contributed by atoms with Gasteiger partial charge in [0.25, 0.3) is 0 Å². The Morgan fingerprint density at radius 3 is 2.84 bits per heavy atom. The topological polar surface area (TPSA) is 80.7 Å². The molecule has 0 spiro atoms. The van der Waals surface area contributed by atoms with Crippen LogP contribution in [0.2, 0.25) is 0 Å². The smallest absolute Gasteiger partial charge is 0.192 e. The summed E-state index contributed by atoms with van der Waals surface area (Å²) in [6.45, 7) is 1.99. The highest BCUT2D eigenvalue weighted by Crippen LogP contribution is 2.31. The number of pyridine rings is 1. The SMILES string of the molecule is Cc1ccc(Oc2cccnc2/C(N)=N/O)c(Br)c1. The zero-order valence-corrected chi connectivity index (χ0v) is 11.8. The van der Waals surface area contributed by atoms with Crippen molar-refractivity contribution in [1.29, 1.82) is 0 Å². The molecule has 0 amide bonds. The van der Waals surface area contributed by atoms with Gasteiger partial charge >= 0.3 is 0 Å². The molecule has 0 unspecified atom stereocenters. The van der Waals surface area contributed by atoms with Crippen LogP contribution in [0, 0.1) is 6.92 Å². The number of aromatic nitrogens is 1. The van der Waals surface area contributed by atoms with Crippen molar-refractivity contribution in [2.45, 2.75) is 6.92 Å². The van der Waals surface area contributed by atoms with Crippen molar-refractivity contribution in [2.75, 3.05) is 0 Å².